The van der Waals surface area contributed by atoms with Gasteiger partial charge in [-0.15, -0.1) is 0 Å². The van der Waals surface area contributed by atoms with Gasteiger partial charge in [0.25, 0.3) is 0 Å². The molecule has 1 N–H and O–H groups in total. The first kappa shape index (κ1) is 14.7. The molecule has 25 heavy (non-hydrogen) atoms. The molecule has 3 heterocycles. The van der Waals surface area contributed by atoms with Gasteiger partial charge < -0.3 is 14.5 Å². The molecular formula is C21H20N2O2. The summed E-state index contributed by atoms with van der Waals surface area (Å²) in [5.41, 5.74) is 4.63. The fraction of sp³-hybridized carbons (Fsp3) is 0.286. The van der Waals surface area contributed by atoms with Crippen LogP contribution in [-0.2, 0) is 4.74 Å². The second-order valence-corrected chi connectivity index (χ2v) is 6.75. The fourth-order valence-corrected chi connectivity index (χ4v) is 4.06. The lowest BCUT2D eigenvalue weighted by molar-refractivity contribution is 0.110. The van der Waals surface area contributed by atoms with Crippen LogP contribution in [0.2, 0.25) is 0 Å². The van der Waals surface area contributed by atoms with E-state index in [-0.39, 0.29) is 6.10 Å². The molecular weight excluding hydrogens is 312 g/mol. The van der Waals surface area contributed by atoms with Gasteiger partial charge in [0.15, 0.2) is 0 Å². The Kier molecular flexibility index (Phi) is 3.22. The highest BCUT2D eigenvalue weighted by atomic mass is 16.5. The molecule has 4 heteroatoms. The van der Waals surface area contributed by atoms with E-state index < -0.39 is 0 Å². The molecule has 1 aliphatic rings. The van der Waals surface area contributed by atoms with E-state index in [2.05, 4.69) is 41.2 Å². The number of nitrogens with zero attached hydrogens (tertiary/aromatic N) is 1. The fourth-order valence-electron chi connectivity index (χ4n) is 4.06. The standard InChI is InChI=1S/C21H20N2O2/c1-12-14-7-8-22-21(19-4-3-9-25-19)16(14)11-17-15-10-13(24-2)5-6-18(15)23-20(12)17/h5-8,10-11,19,23H,3-4,9H2,1-2H3. The molecule has 0 saturated carbocycles. The van der Waals surface area contributed by atoms with Crippen LogP contribution in [0.15, 0.2) is 36.5 Å². The molecule has 1 saturated heterocycles. The van der Waals surface area contributed by atoms with Crippen molar-refractivity contribution in [2.45, 2.75) is 25.9 Å². The summed E-state index contributed by atoms with van der Waals surface area (Å²) in [4.78, 5) is 8.25. The van der Waals surface area contributed by atoms with Gasteiger partial charge in [-0.05, 0) is 61.0 Å². The maximum atomic E-state index is 5.91. The molecule has 2 aromatic carbocycles. The highest BCUT2D eigenvalue weighted by Gasteiger charge is 2.22. The van der Waals surface area contributed by atoms with Crippen LogP contribution in [0.25, 0.3) is 32.6 Å². The van der Waals surface area contributed by atoms with Crippen molar-refractivity contribution in [3.8, 4) is 5.75 Å². The quantitative estimate of drug-likeness (QED) is 0.559. The Balaban J connectivity index is 1.88. The summed E-state index contributed by atoms with van der Waals surface area (Å²) in [6.45, 7) is 3.00. The maximum Gasteiger partial charge on any atom is 0.119 e. The molecule has 4 nitrogen and oxygen atoms in total. The number of rotatable bonds is 2. The van der Waals surface area contributed by atoms with Gasteiger partial charge in [-0.25, -0.2) is 0 Å². The van der Waals surface area contributed by atoms with Crippen LogP contribution in [-0.4, -0.2) is 23.7 Å². The molecule has 1 fully saturated rings. The number of hydrogen-bond donors (Lipinski definition) is 1. The van der Waals surface area contributed by atoms with Gasteiger partial charge in [0.2, 0.25) is 0 Å². The first-order valence-corrected chi connectivity index (χ1v) is 8.75. The number of benzene rings is 2. The maximum absolute atomic E-state index is 5.91. The minimum Gasteiger partial charge on any atom is -0.497 e. The van der Waals surface area contributed by atoms with Crippen molar-refractivity contribution in [1.29, 1.82) is 0 Å². The number of hydrogen-bond acceptors (Lipinski definition) is 3. The summed E-state index contributed by atoms with van der Waals surface area (Å²) < 4.78 is 11.3. The van der Waals surface area contributed by atoms with Crippen LogP contribution in [0, 0.1) is 6.92 Å². The van der Waals surface area contributed by atoms with Crippen LogP contribution in [0.5, 0.6) is 5.75 Å². The summed E-state index contributed by atoms with van der Waals surface area (Å²) in [5.74, 6) is 0.872. The first-order valence-electron chi connectivity index (χ1n) is 8.75. The van der Waals surface area contributed by atoms with Gasteiger partial charge in [0.05, 0.1) is 18.3 Å². The van der Waals surface area contributed by atoms with E-state index in [1.54, 1.807) is 7.11 Å². The number of H-pyrrole nitrogens is 1. The molecule has 1 unspecified atom stereocenters. The van der Waals surface area contributed by atoms with E-state index in [4.69, 9.17) is 9.47 Å². The third kappa shape index (κ3) is 2.14. The van der Waals surface area contributed by atoms with Gasteiger partial charge in [-0.1, -0.05) is 0 Å². The highest BCUT2D eigenvalue weighted by molar-refractivity contribution is 6.14. The smallest absolute Gasteiger partial charge is 0.119 e. The van der Waals surface area contributed by atoms with Crippen LogP contribution in [0.1, 0.15) is 30.2 Å². The van der Waals surface area contributed by atoms with Crippen molar-refractivity contribution in [3.63, 3.8) is 0 Å². The Morgan fingerprint density at radius 1 is 1.12 bits per heavy atom. The van der Waals surface area contributed by atoms with Crippen LogP contribution < -0.4 is 4.74 Å². The average molecular weight is 332 g/mol. The molecule has 0 aliphatic carbocycles. The molecule has 2 aromatic heterocycles. The Morgan fingerprint density at radius 2 is 2.04 bits per heavy atom. The zero-order valence-electron chi connectivity index (χ0n) is 14.4. The van der Waals surface area contributed by atoms with Gasteiger partial charge in [0, 0.05) is 34.5 Å². The van der Waals surface area contributed by atoms with E-state index >= 15 is 0 Å². The van der Waals surface area contributed by atoms with Gasteiger partial charge in [0.1, 0.15) is 11.9 Å². The predicted molar refractivity (Wildman–Crippen MR) is 100 cm³/mol. The second kappa shape index (κ2) is 5.46. The van der Waals surface area contributed by atoms with Gasteiger partial charge >= 0.3 is 0 Å². The van der Waals surface area contributed by atoms with Crippen molar-refractivity contribution >= 4 is 32.6 Å². The van der Waals surface area contributed by atoms with E-state index in [0.717, 1.165) is 36.4 Å². The Bertz CT molecular complexity index is 1110. The third-order valence-corrected chi connectivity index (χ3v) is 5.37. The summed E-state index contributed by atoms with van der Waals surface area (Å²) >= 11 is 0. The number of nitrogens with one attached hydrogen (secondary N) is 1. The van der Waals surface area contributed by atoms with Crippen molar-refractivity contribution in [2.75, 3.05) is 13.7 Å². The zero-order chi connectivity index (χ0) is 17.0. The number of methoxy groups -OCH3 is 1. The highest BCUT2D eigenvalue weighted by Crippen LogP contribution is 2.38. The summed E-state index contributed by atoms with van der Waals surface area (Å²) in [6.07, 6.45) is 4.17. The van der Waals surface area contributed by atoms with Crippen molar-refractivity contribution in [1.82, 2.24) is 9.97 Å². The normalized spacial score (nSPS) is 17.8. The van der Waals surface area contributed by atoms with Gasteiger partial charge in [-0.2, -0.15) is 0 Å². The third-order valence-electron chi connectivity index (χ3n) is 5.37. The number of aromatic amines is 1. The summed E-state index contributed by atoms with van der Waals surface area (Å²) in [5, 5.41) is 4.84. The molecule has 4 aromatic rings. The number of aromatic nitrogens is 2. The zero-order valence-corrected chi connectivity index (χ0v) is 14.4. The predicted octanol–water partition coefficient (Wildman–Crippen LogP) is 5.04. The Labute approximate surface area is 145 Å². The number of aryl methyl sites for hydroxylation is 1. The number of ether oxygens (including phenoxy) is 2. The van der Waals surface area contributed by atoms with Crippen molar-refractivity contribution in [2.24, 2.45) is 0 Å². The lowest BCUT2D eigenvalue weighted by atomic mass is 9.98. The van der Waals surface area contributed by atoms with Crippen LogP contribution in [0.3, 0.4) is 0 Å². The minimum atomic E-state index is 0.111. The van der Waals surface area contributed by atoms with E-state index in [1.165, 1.54) is 32.6 Å². The molecule has 0 radical (unpaired) electrons. The Morgan fingerprint density at radius 3 is 2.84 bits per heavy atom. The van der Waals surface area contributed by atoms with E-state index in [9.17, 15) is 0 Å². The molecule has 1 aliphatic heterocycles. The molecule has 1 atom stereocenters. The largest absolute Gasteiger partial charge is 0.497 e. The SMILES string of the molecule is COc1ccc2[nH]c3c(C)c4ccnc(C5CCCO5)c4cc3c2c1. The Hall–Kier alpha value is -2.59. The minimum absolute atomic E-state index is 0.111. The molecule has 0 bridgehead atoms. The molecule has 126 valence electrons. The lowest BCUT2D eigenvalue weighted by Crippen LogP contribution is -2.00. The first-order chi connectivity index (χ1) is 12.3. The number of fused-ring (bicyclic) bond motifs is 4. The van der Waals surface area contributed by atoms with E-state index in [1.807, 2.05) is 12.3 Å². The van der Waals surface area contributed by atoms with Crippen molar-refractivity contribution in [3.05, 3.63) is 47.8 Å². The van der Waals surface area contributed by atoms with Crippen LogP contribution in [0.4, 0.5) is 0 Å². The van der Waals surface area contributed by atoms with Crippen molar-refractivity contribution < 1.29 is 9.47 Å². The van der Waals surface area contributed by atoms with E-state index in [0.29, 0.717) is 0 Å². The molecule has 0 spiro atoms. The lowest BCUT2D eigenvalue weighted by Gasteiger charge is -2.13. The second-order valence-electron chi connectivity index (χ2n) is 6.75. The average Bonchev–Trinajstić information content (AvgIpc) is 3.29. The molecule has 0 amide bonds. The summed E-state index contributed by atoms with van der Waals surface area (Å²) in [6, 6.07) is 10.5. The topological polar surface area (TPSA) is 47.1 Å². The van der Waals surface area contributed by atoms with Crippen LogP contribution >= 0.6 is 0 Å². The van der Waals surface area contributed by atoms with Gasteiger partial charge in [-0.3, -0.25) is 4.98 Å². The molecule has 5 rings (SSSR count). The monoisotopic (exact) mass is 332 g/mol. The summed E-state index contributed by atoms with van der Waals surface area (Å²) in [7, 11) is 1.70. The number of pyridine rings is 1.